The average molecular weight is 234 g/mol. The van der Waals surface area contributed by atoms with Crippen LogP contribution in [-0.4, -0.2) is 33.7 Å². The topological polar surface area (TPSA) is 68.3 Å². The van der Waals surface area contributed by atoms with E-state index in [-0.39, 0.29) is 18.0 Å². The van der Waals surface area contributed by atoms with Gasteiger partial charge in [-0.3, -0.25) is 4.98 Å². The van der Waals surface area contributed by atoms with E-state index in [9.17, 15) is 12.8 Å². The maximum absolute atomic E-state index is 12.7. The van der Waals surface area contributed by atoms with E-state index in [0.717, 1.165) is 18.5 Å². The van der Waals surface area contributed by atoms with Crippen molar-refractivity contribution in [3.63, 3.8) is 0 Å². The lowest BCUT2D eigenvalue weighted by Gasteiger charge is -2.05. The monoisotopic (exact) mass is 234 g/mol. The Morgan fingerprint density at radius 2 is 2.27 bits per heavy atom. The molecule has 0 atom stereocenters. The minimum Gasteiger partial charge on any atom is -0.383 e. The Morgan fingerprint density at radius 3 is 2.87 bits per heavy atom. The summed E-state index contributed by atoms with van der Waals surface area (Å²) in [6, 6.07) is 0.905. The number of methoxy groups -OCH3 is 1. The standard InChI is InChI=1S/C8H11FN2O3S/c1-14-3-2-11-15(12,13)8-4-7(9)5-10-6-8/h4-6,11H,2-3H2,1H3. The maximum Gasteiger partial charge on any atom is 0.242 e. The van der Waals surface area contributed by atoms with Gasteiger partial charge in [-0.1, -0.05) is 0 Å². The molecule has 0 aromatic carbocycles. The Bertz CT molecular complexity index is 422. The molecule has 0 saturated carbocycles. The predicted molar refractivity (Wildman–Crippen MR) is 51.3 cm³/mol. The van der Waals surface area contributed by atoms with Crippen molar-refractivity contribution in [2.75, 3.05) is 20.3 Å². The summed E-state index contributed by atoms with van der Waals surface area (Å²) in [5, 5.41) is 0. The van der Waals surface area contributed by atoms with Gasteiger partial charge in [-0.05, 0) is 6.07 Å². The van der Waals surface area contributed by atoms with Crippen LogP contribution in [0.5, 0.6) is 0 Å². The second-order valence-corrected chi connectivity index (χ2v) is 4.50. The Kier molecular flexibility index (Phi) is 4.13. The summed E-state index contributed by atoms with van der Waals surface area (Å²) in [5.41, 5.74) is 0. The van der Waals surface area contributed by atoms with Crippen molar-refractivity contribution < 1.29 is 17.5 Å². The number of nitrogens with one attached hydrogen (secondary N) is 1. The van der Waals surface area contributed by atoms with Gasteiger partial charge in [0.15, 0.2) is 0 Å². The fraction of sp³-hybridized carbons (Fsp3) is 0.375. The summed E-state index contributed by atoms with van der Waals surface area (Å²) in [5.74, 6) is -0.690. The first-order valence-electron chi connectivity index (χ1n) is 4.15. The number of pyridine rings is 1. The summed E-state index contributed by atoms with van der Waals surface area (Å²) in [7, 11) is -2.23. The molecule has 0 aliphatic carbocycles. The van der Waals surface area contributed by atoms with Crippen LogP contribution in [-0.2, 0) is 14.8 Å². The molecule has 15 heavy (non-hydrogen) atoms. The average Bonchev–Trinajstić information content (AvgIpc) is 2.18. The zero-order valence-electron chi connectivity index (χ0n) is 8.10. The number of sulfonamides is 1. The maximum atomic E-state index is 12.7. The van der Waals surface area contributed by atoms with Gasteiger partial charge >= 0.3 is 0 Å². The van der Waals surface area contributed by atoms with Crippen molar-refractivity contribution in [1.29, 1.82) is 0 Å². The summed E-state index contributed by atoms with van der Waals surface area (Å²) in [6.07, 6.45) is 2.02. The van der Waals surface area contributed by atoms with E-state index in [0.29, 0.717) is 0 Å². The minimum atomic E-state index is -3.69. The number of hydrogen-bond acceptors (Lipinski definition) is 4. The van der Waals surface area contributed by atoms with E-state index in [1.165, 1.54) is 7.11 Å². The third-order valence-electron chi connectivity index (χ3n) is 1.59. The molecule has 1 N–H and O–H groups in total. The molecule has 0 fully saturated rings. The van der Waals surface area contributed by atoms with Crippen LogP contribution in [0.25, 0.3) is 0 Å². The van der Waals surface area contributed by atoms with Crippen LogP contribution in [0.15, 0.2) is 23.4 Å². The van der Waals surface area contributed by atoms with Crippen LogP contribution in [0.4, 0.5) is 4.39 Å². The van der Waals surface area contributed by atoms with Crippen LogP contribution in [0.1, 0.15) is 0 Å². The second-order valence-electron chi connectivity index (χ2n) is 2.73. The second kappa shape index (κ2) is 5.15. The predicted octanol–water partition coefficient (Wildman–Crippen LogP) is 0.145. The molecule has 1 aromatic heterocycles. The number of aromatic nitrogens is 1. The van der Waals surface area contributed by atoms with Crippen molar-refractivity contribution in [3.8, 4) is 0 Å². The first kappa shape index (κ1) is 12.0. The number of nitrogens with zero attached hydrogens (tertiary/aromatic N) is 1. The van der Waals surface area contributed by atoms with Crippen LogP contribution >= 0.6 is 0 Å². The van der Waals surface area contributed by atoms with E-state index in [2.05, 4.69) is 14.4 Å². The molecule has 0 aliphatic rings. The highest BCUT2D eigenvalue weighted by atomic mass is 32.2. The Hall–Kier alpha value is -1.05. The minimum absolute atomic E-state index is 0.134. The fourth-order valence-corrected chi connectivity index (χ4v) is 1.89. The van der Waals surface area contributed by atoms with Gasteiger partial charge < -0.3 is 4.74 Å². The third kappa shape index (κ3) is 3.54. The highest BCUT2D eigenvalue weighted by molar-refractivity contribution is 7.89. The van der Waals surface area contributed by atoms with Gasteiger partial charge in [-0.2, -0.15) is 0 Å². The van der Waals surface area contributed by atoms with E-state index >= 15 is 0 Å². The van der Waals surface area contributed by atoms with Crippen molar-refractivity contribution in [1.82, 2.24) is 9.71 Å². The van der Waals surface area contributed by atoms with Crippen LogP contribution in [0.2, 0.25) is 0 Å². The molecular formula is C8H11FN2O3S. The Morgan fingerprint density at radius 1 is 1.53 bits per heavy atom. The third-order valence-corrected chi connectivity index (χ3v) is 3.02. The largest absolute Gasteiger partial charge is 0.383 e. The summed E-state index contributed by atoms with van der Waals surface area (Å²) < 4.78 is 42.6. The lowest BCUT2D eigenvalue weighted by atomic mass is 10.5. The first-order chi connectivity index (χ1) is 7.06. The van der Waals surface area contributed by atoms with Gasteiger partial charge in [0, 0.05) is 19.9 Å². The summed E-state index contributed by atoms with van der Waals surface area (Å²) >= 11 is 0. The zero-order chi connectivity index (χ0) is 11.3. The highest BCUT2D eigenvalue weighted by Crippen LogP contribution is 2.07. The molecule has 1 rings (SSSR count). The van der Waals surface area contributed by atoms with Crippen molar-refractivity contribution >= 4 is 10.0 Å². The van der Waals surface area contributed by atoms with Gasteiger partial charge in [0.05, 0.1) is 12.8 Å². The summed E-state index contributed by atoms with van der Waals surface area (Å²) in [4.78, 5) is 3.26. The van der Waals surface area contributed by atoms with Gasteiger partial charge in [-0.15, -0.1) is 0 Å². The molecule has 0 spiro atoms. The number of rotatable bonds is 5. The van der Waals surface area contributed by atoms with Gasteiger partial charge in [0.2, 0.25) is 10.0 Å². The first-order valence-corrected chi connectivity index (χ1v) is 5.64. The smallest absolute Gasteiger partial charge is 0.242 e. The van der Waals surface area contributed by atoms with Crippen molar-refractivity contribution in [2.45, 2.75) is 4.90 Å². The van der Waals surface area contributed by atoms with Gasteiger partial charge in [0.25, 0.3) is 0 Å². The van der Waals surface area contributed by atoms with E-state index in [1.807, 2.05) is 0 Å². The van der Waals surface area contributed by atoms with Crippen LogP contribution in [0.3, 0.4) is 0 Å². The number of ether oxygens (including phenoxy) is 1. The number of hydrogen-bond donors (Lipinski definition) is 1. The fourth-order valence-electron chi connectivity index (χ4n) is 0.901. The van der Waals surface area contributed by atoms with Gasteiger partial charge in [0.1, 0.15) is 10.7 Å². The molecule has 7 heteroatoms. The molecule has 0 saturated heterocycles. The molecule has 0 radical (unpaired) electrons. The van der Waals surface area contributed by atoms with Crippen molar-refractivity contribution in [3.05, 3.63) is 24.3 Å². The van der Waals surface area contributed by atoms with Crippen molar-refractivity contribution in [2.24, 2.45) is 0 Å². The Labute approximate surface area is 87.3 Å². The highest BCUT2D eigenvalue weighted by Gasteiger charge is 2.14. The van der Waals surface area contributed by atoms with Crippen LogP contribution in [0, 0.1) is 5.82 Å². The SMILES string of the molecule is COCCNS(=O)(=O)c1cncc(F)c1. The molecule has 5 nitrogen and oxygen atoms in total. The molecule has 84 valence electrons. The molecular weight excluding hydrogens is 223 g/mol. The molecule has 1 heterocycles. The molecule has 0 aliphatic heterocycles. The van der Waals surface area contributed by atoms with Gasteiger partial charge in [-0.25, -0.2) is 17.5 Å². The molecule has 1 aromatic rings. The number of halogens is 1. The van der Waals surface area contributed by atoms with E-state index in [4.69, 9.17) is 0 Å². The molecule has 0 unspecified atom stereocenters. The zero-order valence-corrected chi connectivity index (χ0v) is 8.92. The van der Waals surface area contributed by atoms with E-state index in [1.54, 1.807) is 0 Å². The Balaban J connectivity index is 2.77. The lowest BCUT2D eigenvalue weighted by Crippen LogP contribution is -2.27. The lowest BCUT2D eigenvalue weighted by molar-refractivity contribution is 0.204. The van der Waals surface area contributed by atoms with E-state index < -0.39 is 15.8 Å². The normalized spacial score (nSPS) is 11.6. The van der Waals surface area contributed by atoms with Crippen LogP contribution < -0.4 is 4.72 Å². The molecule has 0 amide bonds. The molecule has 0 bridgehead atoms. The quantitative estimate of drug-likeness (QED) is 0.736. The summed E-state index contributed by atoms with van der Waals surface area (Å²) in [6.45, 7) is 0.386.